The van der Waals surface area contributed by atoms with E-state index >= 15 is 0 Å². The van der Waals surface area contributed by atoms with Gasteiger partial charge in [-0.2, -0.15) is 0 Å². The number of nitrogens with one attached hydrogen (secondary N) is 1. The van der Waals surface area contributed by atoms with E-state index in [0.717, 1.165) is 14.8 Å². The lowest BCUT2D eigenvalue weighted by molar-refractivity contribution is -0.124. The third-order valence-corrected chi connectivity index (χ3v) is 8.35. The fourth-order valence-corrected chi connectivity index (χ4v) is 7.07. The number of hydrogen-bond acceptors (Lipinski definition) is 7. The van der Waals surface area contributed by atoms with Gasteiger partial charge in [0, 0.05) is 20.8 Å². The second-order valence-corrected chi connectivity index (χ2v) is 10.5. The highest BCUT2D eigenvalue weighted by atomic mass is 32.2. The first-order chi connectivity index (χ1) is 12.4. The molecule has 2 aromatic heterocycles. The molecule has 4 rings (SSSR count). The van der Waals surface area contributed by atoms with Crippen molar-refractivity contribution in [2.75, 3.05) is 18.1 Å². The molecule has 0 radical (unpaired) electrons. The molecule has 6 nitrogen and oxygen atoms in total. The summed E-state index contributed by atoms with van der Waals surface area (Å²) in [5.41, 5.74) is 0. The normalized spacial score (nSPS) is 19.0. The van der Waals surface area contributed by atoms with Gasteiger partial charge in [0.2, 0.25) is 0 Å². The van der Waals surface area contributed by atoms with Gasteiger partial charge in [-0.1, -0.05) is 18.2 Å². The predicted molar refractivity (Wildman–Crippen MR) is 103 cm³/mol. The van der Waals surface area contributed by atoms with Crippen LogP contribution in [0.4, 0.5) is 0 Å². The van der Waals surface area contributed by atoms with Crippen molar-refractivity contribution in [1.29, 1.82) is 0 Å². The number of hydrogen-bond donors (Lipinski definition) is 1. The second-order valence-electron chi connectivity index (χ2n) is 6.15. The molecule has 1 fully saturated rings. The van der Waals surface area contributed by atoms with Crippen LogP contribution in [0.3, 0.4) is 0 Å². The van der Waals surface area contributed by atoms with Crippen molar-refractivity contribution >= 4 is 63.9 Å². The Labute approximate surface area is 157 Å². The molecular formula is C17H15NO5S3. The lowest BCUT2D eigenvalue weighted by Gasteiger charge is -2.10. The molecule has 0 saturated carbocycles. The summed E-state index contributed by atoms with van der Waals surface area (Å²) in [5.74, 6) is -1.00. The molecule has 1 aliphatic heterocycles. The number of thiophene rings is 2. The lowest BCUT2D eigenvalue weighted by atomic mass is 10.2. The van der Waals surface area contributed by atoms with Gasteiger partial charge < -0.3 is 10.1 Å². The van der Waals surface area contributed by atoms with Crippen LogP contribution in [0.1, 0.15) is 16.1 Å². The Balaban J connectivity index is 1.39. The van der Waals surface area contributed by atoms with E-state index in [4.69, 9.17) is 4.74 Å². The summed E-state index contributed by atoms with van der Waals surface area (Å²) >= 11 is 2.96. The van der Waals surface area contributed by atoms with Crippen molar-refractivity contribution in [3.8, 4) is 0 Å². The standard InChI is InChI=1S/C17H15NO5S3/c19-15(18-10-5-6-26(21,22)9-10)8-23-17(20)14-7-13-16(25-14)11-3-1-2-4-12(11)24-13/h1-4,7,10H,5-6,8-9H2,(H,18,19)/t10-/m1/s1. The van der Waals surface area contributed by atoms with Crippen molar-refractivity contribution in [2.45, 2.75) is 12.5 Å². The van der Waals surface area contributed by atoms with Crippen LogP contribution >= 0.6 is 22.7 Å². The van der Waals surface area contributed by atoms with Gasteiger partial charge in [-0.15, -0.1) is 22.7 Å². The molecule has 1 N–H and O–H groups in total. The van der Waals surface area contributed by atoms with E-state index in [-0.39, 0.29) is 11.5 Å². The van der Waals surface area contributed by atoms with Gasteiger partial charge in [-0.3, -0.25) is 4.79 Å². The molecule has 0 aliphatic carbocycles. The molecular weight excluding hydrogens is 394 g/mol. The van der Waals surface area contributed by atoms with E-state index < -0.39 is 34.4 Å². The molecule has 26 heavy (non-hydrogen) atoms. The van der Waals surface area contributed by atoms with Gasteiger partial charge in [0.25, 0.3) is 5.91 Å². The maximum absolute atomic E-state index is 12.2. The zero-order valence-electron chi connectivity index (χ0n) is 13.6. The first-order valence-corrected chi connectivity index (χ1v) is 11.4. The van der Waals surface area contributed by atoms with Crippen LogP contribution in [-0.4, -0.2) is 44.4 Å². The summed E-state index contributed by atoms with van der Waals surface area (Å²) in [6.07, 6.45) is 0.399. The SMILES string of the molecule is O=C(COC(=O)c1cc2sc3ccccc3c2s1)N[C@@H]1CCS(=O)(=O)C1. The Hall–Kier alpha value is -1.97. The zero-order valence-corrected chi connectivity index (χ0v) is 16.0. The Morgan fingerprint density at radius 3 is 2.77 bits per heavy atom. The van der Waals surface area contributed by atoms with Crippen LogP contribution in [0.25, 0.3) is 19.5 Å². The van der Waals surface area contributed by atoms with Crippen molar-refractivity contribution in [3.05, 3.63) is 35.2 Å². The highest BCUT2D eigenvalue weighted by molar-refractivity contribution is 7.91. The van der Waals surface area contributed by atoms with Gasteiger partial charge in [0.1, 0.15) is 4.88 Å². The van der Waals surface area contributed by atoms with E-state index in [1.807, 2.05) is 24.3 Å². The predicted octanol–water partition coefficient (Wildman–Crippen LogP) is 2.58. The van der Waals surface area contributed by atoms with Crippen molar-refractivity contribution in [3.63, 3.8) is 0 Å². The number of ether oxygens (including phenoxy) is 1. The maximum Gasteiger partial charge on any atom is 0.348 e. The summed E-state index contributed by atoms with van der Waals surface area (Å²) in [4.78, 5) is 24.5. The molecule has 0 spiro atoms. The average Bonchev–Trinajstić information content (AvgIpc) is 3.24. The molecule has 136 valence electrons. The van der Waals surface area contributed by atoms with Crippen LogP contribution in [0, 0.1) is 0 Å². The Morgan fingerprint density at radius 1 is 1.19 bits per heavy atom. The van der Waals surface area contributed by atoms with Gasteiger partial charge in [-0.25, -0.2) is 13.2 Å². The van der Waals surface area contributed by atoms with E-state index in [1.54, 1.807) is 17.4 Å². The minimum absolute atomic E-state index is 0.0546. The molecule has 1 saturated heterocycles. The van der Waals surface area contributed by atoms with Gasteiger partial charge in [-0.05, 0) is 18.6 Å². The summed E-state index contributed by atoms with van der Waals surface area (Å²) in [6, 6.07) is 9.38. The van der Waals surface area contributed by atoms with E-state index in [1.165, 1.54) is 16.0 Å². The second kappa shape index (κ2) is 6.64. The molecule has 1 aromatic carbocycles. The van der Waals surface area contributed by atoms with Crippen molar-refractivity contribution in [1.82, 2.24) is 5.32 Å². The summed E-state index contributed by atoms with van der Waals surface area (Å²) < 4.78 is 31.1. The van der Waals surface area contributed by atoms with Gasteiger partial charge in [0.05, 0.1) is 16.2 Å². The number of fused-ring (bicyclic) bond motifs is 3. The number of carbonyl (C=O) groups excluding carboxylic acids is 2. The molecule has 1 aliphatic rings. The summed E-state index contributed by atoms with van der Waals surface area (Å²) in [5, 5.41) is 3.71. The number of carbonyl (C=O) groups is 2. The average molecular weight is 410 g/mol. The molecule has 1 amide bonds. The van der Waals surface area contributed by atoms with Crippen LogP contribution in [0.2, 0.25) is 0 Å². The maximum atomic E-state index is 12.2. The van der Waals surface area contributed by atoms with E-state index in [2.05, 4.69) is 5.32 Å². The largest absolute Gasteiger partial charge is 0.451 e. The number of sulfone groups is 1. The number of esters is 1. The minimum Gasteiger partial charge on any atom is -0.451 e. The highest BCUT2D eigenvalue weighted by Gasteiger charge is 2.29. The third kappa shape index (κ3) is 3.46. The quantitative estimate of drug-likeness (QED) is 0.669. The lowest BCUT2D eigenvalue weighted by Crippen LogP contribution is -2.38. The van der Waals surface area contributed by atoms with Gasteiger partial charge >= 0.3 is 5.97 Å². The minimum atomic E-state index is -3.06. The fraction of sp³-hybridized carbons (Fsp3) is 0.294. The Morgan fingerprint density at radius 2 is 2.00 bits per heavy atom. The van der Waals surface area contributed by atoms with Crippen LogP contribution in [0.15, 0.2) is 30.3 Å². The van der Waals surface area contributed by atoms with E-state index in [9.17, 15) is 18.0 Å². The molecule has 0 bridgehead atoms. The third-order valence-electron chi connectivity index (χ3n) is 4.18. The highest BCUT2D eigenvalue weighted by Crippen LogP contribution is 2.39. The number of benzene rings is 1. The first-order valence-electron chi connectivity index (χ1n) is 7.99. The number of amides is 1. The smallest absolute Gasteiger partial charge is 0.348 e. The van der Waals surface area contributed by atoms with Crippen molar-refractivity contribution in [2.24, 2.45) is 0 Å². The van der Waals surface area contributed by atoms with Crippen LogP contribution < -0.4 is 5.32 Å². The zero-order chi connectivity index (χ0) is 18.3. The molecule has 0 unspecified atom stereocenters. The molecule has 3 aromatic rings. The molecule has 9 heteroatoms. The topological polar surface area (TPSA) is 89.5 Å². The first kappa shape index (κ1) is 17.4. The van der Waals surface area contributed by atoms with Crippen molar-refractivity contribution < 1.29 is 22.7 Å². The summed E-state index contributed by atoms with van der Waals surface area (Å²) in [6.45, 7) is -0.415. The summed E-state index contributed by atoms with van der Waals surface area (Å²) in [7, 11) is -3.06. The monoisotopic (exact) mass is 409 g/mol. The van der Waals surface area contributed by atoms with Crippen LogP contribution in [-0.2, 0) is 19.4 Å². The van der Waals surface area contributed by atoms with E-state index in [0.29, 0.717) is 11.3 Å². The number of rotatable bonds is 4. The Kier molecular flexibility index (Phi) is 4.45. The fourth-order valence-electron chi connectivity index (χ4n) is 2.98. The van der Waals surface area contributed by atoms with Crippen LogP contribution in [0.5, 0.6) is 0 Å². The molecule has 3 heterocycles. The molecule has 1 atom stereocenters. The Bertz CT molecular complexity index is 1110. The van der Waals surface area contributed by atoms with Gasteiger partial charge in [0.15, 0.2) is 16.4 Å².